The Balaban J connectivity index is 0.00000180. The van der Waals surface area contributed by atoms with E-state index in [0.717, 1.165) is 0 Å². The van der Waals surface area contributed by atoms with E-state index in [1.165, 1.54) is 17.5 Å². The van der Waals surface area contributed by atoms with Crippen molar-refractivity contribution in [1.29, 1.82) is 0 Å². The summed E-state index contributed by atoms with van der Waals surface area (Å²) in [4.78, 5) is 12.8. The number of rotatable bonds is 2. The topological polar surface area (TPSA) is 72.8 Å². The Morgan fingerprint density at radius 2 is 2.26 bits per heavy atom. The van der Waals surface area contributed by atoms with E-state index >= 15 is 0 Å². The van der Waals surface area contributed by atoms with Crippen molar-refractivity contribution in [2.45, 2.75) is 19.1 Å². The second-order valence-electron chi connectivity index (χ2n) is 4.23. The van der Waals surface area contributed by atoms with E-state index in [9.17, 15) is 14.3 Å². The van der Waals surface area contributed by atoms with Crippen LogP contribution in [0.3, 0.4) is 0 Å². The number of aliphatic hydroxyl groups is 2. The van der Waals surface area contributed by atoms with Crippen LogP contribution < -0.4 is 5.32 Å². The predicted octanol–water partition coefficient (Wildman–Crippen LogP) is -0.0460. The van der Waals surface area contributed by atoms with E-state index in [4.69, 9.17) is 5.11 Å². The quantitative estimate of drug-likeness (QED) is 0.616. The first-order valence-electron chi connectivity index (χ1n) is 5.45. The summed E-state index contributed by atoms with van der Waals surface area (Å²) < 4.78 is 14.0. The molecule has 3 N–H and O–H groups in total. The molecule has 0 saturated heterocycles. The molecule has 1 heterocycles. The van der Waals surface area contributed by atoms with E-state index in [1.54, 1.807) is 6.92 Å². The maximum Gasteiger partial charge on any atom is 0.253 e. The predicted molar refractivity (Wildman–Crippen MR) is 62.2 cm³/mol. The van der Waals surface area contributed by atoms with E-state index < -0.39 is 24.6 Å². The van der Waals surface area contributed by atoms with Crippen LogP contribution in [0.5, 0.6) is 0 Å². The Hall–Kier alpha value is -0.556. The third-order valence-electron chi connectivity index (χ3n) is 3.02. The smallest absolute Gasteiger partial charge is 0.253 e. The molecule has 2 aliphatic rings. The van der Waals surface area contributed by atoms with E-state index in [2.05, 4.69) is 11.9 Å². The van der Waals surface area contributed by atoms with Gasteiger partial charge in [0.15, 0.2) is 0 Å². The molecule has 0 fully saturated rings. The molecule has 1 radical (unpaired) electrons. The van der Waals surface area contributed by atoms with Crippen LogP contribution in [-0.4, -0.2) is 39.8 Å². The number of nitrogens with one attached hydrogen (secondary N) is 1. The molecule has 0 aromatic heterocycles. The van der Waals surface area contributed by atoms with Crippen molar-refractivity contribution < 1.29 is 52.1 Å². The van der Waals surface area contributed by atoms with E-state index in [0.29, 0.717) is 5.57 Å². The SMILES string of the molecule is C=C1NC(=O)C(C)=CN1[C@H]1[CH-][C@H](O)C(CO)=C1F.[Y]. The summed E-state index contributed by atoms with van der Waals surface area (Å²) in [6.45, 7) is 4.68. The molecule has 5 nitrogen and oxygen atoms in total. The maximum absolute atomic E-state index is 14.0. The second-order valence-corrected chi connectivity index (χ2v) is 4.23. The standard InChI is InChI=1S/C12H14FN2O3.Y/c1-6-4-15(7(2)14-12(6)18)9-3-10(17)8(5-16)11(9)13;/h3-4,9-10,16-17H,2,5H2,1H3,(H,14,18);/q-1;/t9-,10-;/m0./s1. The number of hydrogen-bond donors (Lipinski definition) is 3. The number of amides is 1. The fourth-order valence-corrected chi connectivity index (χ4v) is 1.98. The fourth-order valence-electron chi connectivity index (χ4n) is 1.98. The monoisotopic (exact) mass is 342 g/mol. The summed E-state index contributed by atoms with van der Waals surface area (Å²) in [6.07, 6.45) is 1.68. The molecule has 1 aliphatic heterocycles. The first-order valence-corrected chi connectivity index (χ1v) is 5.45. The molecule has 0 saturated carbocycles. The van der Waals surface area contributed by atoms with Crippen molar-refractivity contribution in [3.8, 4) is 0 Å². The molecule has 2 atom stereocenters. The normalized spacial score (nSPS) is 27.2. The molecular weight excluding hydrogens is 328 g/mol. The first-order chi connectivity index (χ1) is 8.45. The fraction of sp³-hybridized carbons (Fsp3) is 0.333. The summed E-state index contributed by atoms with van der Waals surface area (Å²) in [6, 6.07) is -0.856. The van der Waals surface area contributed by atoms with Gasteiger partial charge in [0.25, 0.3) is 5.91 Å². The van der Waals surface area contributed by atoms with Crippen LogP contribution in [0.15, 0.2) is 35.6 Å². The number of hydrogen-bond acceptors (Lipinski definition) is 4. The number of nitrogens with zero attached hydrogens (tertiary/aromatic N) is 1. The van der Waals surface area contributed by atoms with Gasteiger partial charge in [0.05, 0.1) is 12.4 Å². The van der Waals surface area contributed by atoms with Gasteiger partial charge in [-0.25, -0.2) is 4.39 Å². The largest absolute Gasteiger partial charge is 0.421 e. The molecule has 7 heteroatoms. The van der Waals surface area contributed by atoms with Crippen LogP contribution in [0, 0.1) is 6.42 Å². The van der Waals surface area contributed by atoms with Crippen molar-refractivity contribution in [3.63, 3.8) is 0 Å². The van der Waals surface area contributed by atoms with Crippen molar-refractivity contribution >= 4 is 5.91 Å². The van der Waals surface area contributed by atoms with Crippen LogP contribution in [0.4, 0.5) is 4.39 Å². The molecule has 2 rings (SSSR count). The average molecular weight is 342 g/mol. The molecule has 19 heavy (non-hydrogen) atoms. The Bertz CT molecular complexity index is 476. The van der Waals surface area contributed by atoms with E-state index in [-0.39, 0.29) is 50.0 Å². The molecule has 0 bridgehead atoms. The molecule has 0 spiro atoms. The number of carbonyl (C=O) groups is 1. The first kappa shape index (κ1) is 16.5. The molecule has 101 valence electrons. The summed E-state index contributed by atoms with van der Waals surface area (Å²) in [5.74, 6) is -0.679. The molecule has 1 amide bonds. The Kier molecular flexibility index (Phi) is 5.44. The van der Waals surface area contributed by atoms with Crippen molar-refractivity contribution in [1.82, 2.24) is 10.2 Å². The van der Waals surface area contributed by atoms with Gasteiger partial charge in [-0.1, -0.05) is 6.58 Å². The Morgan fingerprint density at radius 3 is 2.79 bits per heavy atom. The number of halogens is 1. The van der Waals surface area contributed by atoms with Crippen LogP contribution in [0.25, 0.3) is 0 Å². The molecular formula is C12H14FN2O3Y-. The zero-order chi connectivity index (χ0) is 13.4. The van der Waals surface area contributed by atoms with Crippen LogP contribution in [0.2, 0.25) is 0 Å². The Morgan fingerprint density at radius 1 is 1.63 bits per heavy atom. The molecule has 0 aromatic rings. The Labute approximate surface area is 135 Å². The minimum Gasteiger partial charge on any atom is -0.421 e. The van der Waals surface area contributed by atoms with Gasteiger partial charge in [-0.15, -0.1) is 0 Å². The zero-order valence-corrected chi connectivity index (χ0v) is 13.3. The van der Waals surface area contributed by atoms with Gasteiger partial charge in [0, 0.05) is 44.5 Å². The summed E-state index contributed by atoms with van der Waals surface area (Å²) in [5, 5.41) is 21.1. The van der Waals surface area contributed by atoms with Gasteiger partial charge < -0.3 is 20.4 Å². The van der Waals surface area contributed by atoms with Gasteiger partial charge in [-0.05, 0) is 24.6 Å². The van der Waals surface area contributed by atoms with Crippen LogP contribution in [-0.2, 0) is 37.5 Å². The minimum absolute atomic E-state index is 0. The van der Waals surface area contributed by atoms with E-state index in [1.807, 2.05) is 0 Å². The second kappa shape index (κ2) is 6.26. The van der Waals surface area contributed by atoms with Crippen molar-refractivity contribution in [2.24, 2.45) is 0 Å². The van der Waals surface area contributed by atoms with Gasteiger partial charge in [-0.2, -0.15) is 0 Å². The maximum atomic E-state index is 14.0. The number of carbonyl (C=O) groups excluding carboxylic acids is 1. The third kappa shape index (κ3) is 2.97. The summed E-state index contributed by atoms with van der Waals surface area (Å²) in [5.41, 5.74) is 0.353. The molecule has 1 aliphatic carbocycles. The van der Waals surface area contributed by atoms with Gasteiger partial charge in [-0.3, -0.25) is 11.2 Å². The average Bonchev–Trinajstić information content (AvgIpc) is 2.59. The van der Waals surface area contributed by atoms with Crippen molar-refractivity contribution in [3.05, 3.63) is 42.0 Å². The van der Waals surface area contributed by atoms with Crippen molar-refractivity contribution in [2.75, 3.05) is 6.61 Å². The third-order valence-corrected chi connectivity index (χ3v) is 3.02. The van der Waals surface area contributed by atoms with Gasteiger partial charge >= 0.3 is 0 Å². The zero-order valence-electron chi connectivity index (χ0n) is 10.4. The minimum atomic E-state index is -1.13. The molecule has 0 unspecified atom stereocenters. The summed E-state index contributed by atoms with van der Waals surface area (Å²) in [7, 11) is 0. The molecule has 0 aromatic carbocycles. The van der Waals surface area contributed by atoms with Gasteiger partial charge in [0.1, 0.15) is 5.82 Å². The van der Waals surface area contributed by atoms with Crippen LogP contribution in [0.1, 0.15) is 6.92 Å². The number of aliphatic hydroxyl groups excluding tert-OH is 2. The summed E-state index contributed by atoms with van der Waals surface area (Å²) >= 11 is 0. The van der Waals surface area contributed by atoms with Gasteiger partial charge in [0.2, 0.25) is 0 Å². The van der Waals surface area contributed by atoms with Crippen LogP contribution >= 0.6 is 0 Å².